The van der Waals surface area contributed by atoms with E-state index in [1.807, 2.05) is 6.08 Å². The van der Waals surface area contributed by atoms with Crippen molar-refractivity contribution in [3.05, 3.63) is 12.2 Å². The predicted octanol–water partition coefficient (Wildman–Crippen LogP) is 5.54. The number of aldehydes is 1. The highest BCUT2D eigenvalue weighted by Gasteiger charge is 2.30. The van der Waals surface area contributed by atoms with Gasteiger partial charge in [-0.15, -0.1) is 0 Å². The molecule has 0 atom stereocenters. The Morgan fingerprint density at radius 1 is 0.850 bits per heavy atom. The van der Waals surface area contributed by atoms with Crippen LogP contribution >= 0.6 is 0 Å². The maximum atomic E-state index is 10.2. The van der Waals surface area contributed by atoms with Crippen molar-refractivity contribution in [1.29, 1.82) is 0 Å². The van der Waals surface area contributed by atoms with Crippen molar-refractivity contribution in [3.8, 4) is 0 Å². The van der Waals surface area contributed by atoms with Crippen LogP contribution < -0.4 is 0 Å². The molecular formula is C19H32O. The van der Waals surface area contributed by atoms with E-state index in [1.165, 1.54) is 64.2 Å². The van der Waals surface area contributed by atoms with Gasteiger partial charge in [0.25, 0.3) is 0 Å². The zero-order valence-electron chi connectivity index (χ0n) is 13.2. The van der Waals surface area contributed by atoms with Crippen molar-refractivity contribution < 1.29 is 4.79 Å². The van der Waals surface area contributed by atoms with Crippen LogP contribution in [0.5, 0.6) is 0 Å². The summed E-state index contributed by atoms with van der Waals surface area (Å²) in [5, 5.41) is 0. The molecule has 0 bridgehead atoms. The number of rotatable bonds is 6. The number of hydrogen-bond acceptors (Lipinski definition) is 1. The molecule has 0 aromatic heterocycles. The summed E-state index contributed by atoms with van der Waals surface area (Å²) in [5.41, 5.74) is 0. The zero-order chi connectivity index (χ0) is 14.2. The van der Waals surface area contributed by atoms with Gasteiger partial charge < -0.3 is 0 Å². The molecule has 1 nitrogen and oxygen atoms in total. The van der Waals surface area contributed by atoms with Gasteiger partial charge in [0.05, 0.1) is 0 Å². The van der Waals surface area contributed by atoms with Gasteiger partial charge in [0, 0.05) is 0 Å². The van der Waals surface area contributed by atoms with Crippen molar-refractivity contribution in [2.45, 2.75) is 77.6 Å². The third-order valence-electron chi connectivity index (χ3n) is 5.98. The first-order valence-electron chi connectivity index (χ1n) is 8.93. The van der Waals surface area contributed by atoms with Gasteiger partial charge in [-0.2, -0.15) is 0 Å². The molecule has 2 aliphatic rings. The average molecular weight is 276 g/mol. The molecule has 0 aliphatic heterocycles. The molecule has 2 fully saturated rings. The molecule has 0 saturated heterocycles. The highest BCUT2D eigenvalue weighted by Crippen LogP contribution is 2.42. The summed E-state index contributed by atoms with van der Waals surface area (Å²) in [7, 11) is 0. The van der Waals surface area contributed by atoms with E-state index in [0.717, 1.165) is 36.4 Å². The molecule has 20 heavy (non-hydrogen) atoms. The van der Waals surface area contributed by atoms with Crippen LogP contribution in [-0.2, 0) is 4.79 Å². The van der Waals surface area contributed by atoms with Crippen molar-refractivity contribution in [3.63, 3.8) is 0 Å². The van der Waals surface area contributed by atoms with Gasteiger partial charge in [-0.1, -0.05) is 45.1 Å². The summed E-state index contributed by atoms with van der Waals surface area (Å²) >= 11 is 0. The van der Waals surface area contributed by atoms with E-state index in [0.29, 0.717) is 0 Å². The maximum Gasteiger partial charge on any atom is 0.142 e. The minimum Gasteiger partial charge on any atom is -0.299 e. The SMILES string of the molecule is CC[C@H]1CC[C@H](C2CCC(CCC=CC=O)CC2)CC1. The average Bonchev–Trinajstić information content (AvgIpc) is 2.52. The Morgan fingerprint density at radius 3 is 1.90 bits per heavy atom. The van der Waals surface area contributed by atoms with E-state index in [9.17, 15) is 4.79 Å². The standard InChI is InChI=1S/C19H32O/c1-2-16-7-11-18(12-8-16)19-13-9-17(10-14-19)6-4-3-5-15-20/h3,5,15-19H,2,4,6-14H2,1H3/t16-,17?,18-,19?. The number of hydrogen-bond donors (Lipinski definition) is 0. The van der Waals surface area contributed by atoms with E-state index in [4.69, 9.17) is 0 Å². The fraction of sp³-hybridized carbons (Fsp3) is 0.842. The summed E-state index contributed by atoms with van der Waals surface area (Å²) in [6.45, 7) is 2.36. The van der Waals surface area contributed by atoms with Crippen LogP contribution in [0.25, 0.3) is 0 Å². The first-order valence-corrected chi connectivity index (χ1v) is 8.93. The second kappa shape index (κ2) is 8.64. The number of allylic oxidation sites excluding steroid dienone is 2. The van der Waals surface area contributed by atoms with Gasteiger partial charge in [-0.05, 0) is 68.3 Å². The van der Waals surface area contributed by atoms with E-state index >= 15 is 0 Å². The molecule has 114 valence electrons. The summed E-state index contributed by atoms with van der Waals surface area (Å²) in [4.78, 5) is 10.2. The van der Waals surface area contributed by atoms with Crippen molar-refractivity contribution >= 4 is 6.29 Å². The third kappa shape index (κ3) is 4.75. The molecule has 0 aromatic rings. The molecule has 0 radical (unpaired) electrons. The summed E-state index contributed by atoms with van der Waals surface area (Å²) < 4.78 is 0. The Bertz CT molecular complexity index is 291. The molecule has 1 heteroatoms. The lowest BCUT2D eigenvalue weighted by Crippen LogP contribution is -2.25. The number of carbonyl (C=O) groups excluding carboxylic acids is 1. The van der Waals surface area contributed by atoms with Gasteiger partial charge >= 0.3 is 0 Å². The fourth-order valence-corrected chi connectivity index (χ4v) is 4.50. The Hall–Kier alpha value is -0.590. The summed E-state index contributed by atoms with van der Waals surface area (Å²) in [6, 6.07) is 0. The molecule has 2 rings (SSSR count). The second-order valence-electron chi connectivity index (χ2n) is 7.11. The first kappa shape index (κ1) is 15.8. The summed E-state index contributed by atoms with van der Waals surface area (Å²) in [5.74, 6) is 4.05. The van der Waals surface area contributed by atoms with Crippen LogP contribution in [0.1, 0.15) is 77.6 Å². The molecular weight excluding hydrogens is 244 g/mol. The molecule has 0 heterocycles. The molecule has 0 N–H and O–H groups in total. The molecule has 0 unspecified atom stereocenters. The number of carbonyl (C=O) groups is 1. The molecule has 0 aromatic carbocycles. The highest BCUT2D eigenvalue weighted by molar-refractivity contribution is 5.64. The Labute approximate surface area is 125 Å². The topological polar surface area (TPSA) is 17.1 Å². The smallest absolute Gasteiger partial charge is 0.142 e. The van der Waals surface area contributed by atoms with Gasteiger partial charge in [-0.25, -0.2) is 0 Å². The van der Waals surface area contributed by atoms with Crippen LogP contribution in [-0.4, -0.2) is 6.29 Å². The largest absolute Gasteiger partial charge is 0.299 e. The minimum absolute atomic E-state index is 0.892. The van der Waals surface area contributed by atoms with Crippen molar-refractivity contribution in [1.82, 2.24) is 0 Å². The highest BCUT2D eigenvalue weighted by atomic mass is 16.1. The van der Waals surface area contributed by atoms with Crippen molar-refractivity contribution in [2.24, 2.45) is 23.7 Å². The maximum absolute atomic E-state index is 10.2. The van der Waals surface area contributed by atoms with Gasteiger partial charge in [0.2, 0.25) is 0 Å². The quantitative estimate of drug-likeness (QED) is 0.459. The lowest BCUT2D eigenvalue weighted by molar-refractivity contribution is -0.104. The molecule has 0 spiro atoms. The predicted molar refractivity (Wildman–Crippen MR) is 85.6 cm³/mol. The van der Waals surface area contributed by atoms with Crippen LogP contribution in [0.2, 0.25) is 0 Å². The molecule has 2 aliphatic carbocycles. The second-order valence-corrected chi connectivity index (χ2v) is 7.11. The summed E-state index contributed by atoms with van der Waals surface area (Å²) in [6.07, 6.45) is 20.2. The van der Waals surface area contributed by atoms with E-state index < -0.39 is 0 Å². The fourth-order valence-electron chi connectivity index (χ4n) is 4.50. The minimum atomic E-state index is 0.892. The van der Waals surface area contributed by atoms with E-state index in [1.54, 1.807) is 6.08 Å². The Balaban J connectivity index is 1.64. The zero-order valence-corrected chi connectivity index (χ0v) is 13.2. The van der Waals surface area contributed by atoms with E-state index in [2.05, 4.69) is 6.92 Å². The van der Waals surface area contributed by atoms with Gasteiger partial charge in [0.15, 0.2) is 0 Å². The van der Waals surface area contributed by atoms with Crippen LogP contribution in [0.4, 0.5) is 0 Å². The normalized spacial score (nSPS) is 35.2. The van der Waals surface area contributed by atoms with Gasteiger partial charge in [-0.3, -0.25) is 4.79 Å². The van der Waals surface area contributed by atoms with Crippen LogP contribution in [0.3, 0.4) is 0 Å². The van der Waals surface area contributed by atoms with Crippen LogP contribution in [0, 0.1) is 23.7 Å². The molecule has 0 amide bonds. The Kier molecular flexibility index (Phi) is 6.82. The monoisotopic (exact) mass is 276 g/mol. The third-order valence-corrected chi connectivity index (χ3v) is 5.98. The Morgan fingerprint density at radius 2 is 1.40 bits per heavy atom. The van der Waals surface area contributed by atoms with Crippen LogP contribution in [0.15, 0.2) is 12.2 Å². The lowest BCUT2D eigenvalue weighted by Gasteiger charge is -2.37. The van der Waals surface area contributed by atoms with Crippen molar-refractivity contribution in [2.75, 3.05) is 0 Å². The van der Waals surface area contributed by atoms with E-state index in [-0.39, 0.29) is 0 Å². The molecule has 2 saturated carbocycles. The lowest BCUT2D eigenvalue weighted by atomic mass is 9.68. The van der Waals surface area contributed by atoms with Gasteiger partial charge in [0.1, 0.15) is 6.29 Å². The first-order chi connectivity index (χ1) is 9.83.